The second kappa shape index (κ2) is 9.93. The van der Waals surface area contributed by atoms with E-state index in [-0.39, 0.29) is 24.3 Å². The number of amides is 3. The van der Waals surface area contributed by atoms with Gasteiger partial charge in [-0.2, -0.15) is 0 Å². The molecule has 2 fully saturated rings. The van der Waals surface area contributed by atoms with Crippen LogP contribution in [0, 0.1) is 11.8 Å². The number of hydrogen-bond acceptors (Lipinski definition) is 5. The first-order valence-electron chi connectivity index (χ1n) is 12.9. The number of likely N-dealkylation sites (tertiary alicyclic amines) is 1. The molecule has 7 nitrogen and oxygen atoms in total. The van der Waals surface area contributed by atoms with E-state index in [2.05, 4.69) is 10.6 Å². The van der Waals surface area contributed by atoms with Crippen LogP contribution in [-0.4, -0.2) is 39.9 Å². The molecule has 3 aromatic rings. The number of carbonyl (C=O) groups excluding carboxylic acids is 3. The largest absolute Gasteiger partial charge is 0.356 e. The van der Waals surface area contributed by atoms with Gasteiger partial charge < -0.3 is 20.3 Å². The third-order valence-corrected chi connectivity index (χ3v) is 9.05. The molecule has 1 aromatic heterocycles. The fourth-order valence-electron chi connectivity index (χ4n) is 6.17. The number of benzene rings is 2. The van der Waals surface area contributed by atoms with Crippen molar-refractivity contribution >= 4 is 40.7 Å². The van der Waals surface area contributed by atoms with Crippen molar-refractivity contribution in [1.29, 1.82) is 0 Å². The Morgan fingerprint density at radius 2 is 1.69 bits per heavy atom. The molecule has 5 atom stereocenters. The highest BCUT2D eigenvalue weighted by Crippen LogP contribution is 2.59. The van der Waals surface area contributed by atoms with Crippen LogP contribution in [0.25, 0.3) is 0 Å². The summed E-state index contributed by atoms with van der Waals surface area (Å²) in [5.74, 6) is -2.44. The van der Waals surface area contributed by atoms with E-state index in [1.165, 1.54) is 0 Å². The topological polar surface area (TPSA) is 87.7 Å². The molecule has 3 aliphatic heterocycles. The predicted octanol–water partition coefficient (Wildman–Crippen LogP) is 4.08. The van der Waals surface area contributed by atoms with Gasteiger partial charge in [-0.25, -0.2) is 0 Å². The minimum atomic E-state index is -1.25. The number of thiophene rings is 1. The lowest BCUT2D eigenvalue weighted by molar-refractivity contribution is -0.145. The lowest BCUT2D eigenvalue weighted by Crippen LogP contribution is -2.54. The van der Waals surface area contributed by atoms with Crippen molar-refractivity contribution in [3.63, 3.8) is 0 Å². The third kappa shape index (κ3) is 4.46. The first kappa shape index (κ1) is 25.8. The number of hydrogen-bond donors (Lipinski definition) is 2. The lowest BCUT2D eigenvalue weighted by atomic mass is 9.70. The summed E-state index contributed by atoms with van der Waals surface area (Å²) in [6.07, 6.45) is 3.67. The number of carbonyl (C=O) groups is 3. The van der Waals surface area contributed by atoms with Crippen molar-refractivity contribution in [2.45, 2.75) is 43.8 Å². The Morgan fingerprint density at radius 1 is 0.949 bits per heavy atom. The maximum absolute atomic E-state index is 14.2. The number of rotatable bonds is 8. The summed E-state index contributed by atoms with van der Waals surface area (Å²) < 4.78 is 6.57. The van der Waals surface area contributed by atoms with Crippen molar-refractivity contribution < 1.29 is 19.1 Å². The van der Waals surface area contributed by atoms with E-state index in [9.17, 15) is 14.4 Å². The molecule has 4 heterocycles. The third-order valence-electron chi connectivity index (χ3n) is 7.92. The van der Waals surface area contributed by atoms with Gasteiger partial charge in [-0.05, 0) is 41.6 Å². The standard InChI is InChI=1S/C30H28ClN3O4S/c1-29-13-14-30(38-29)24(23(29)26(35)33-17-22-8-5-15-39-22)28(37)34(18-20-9-11-21(31)12-10-20)25(30)27(36)32-16-19-6-3-2-4-7-19/h2-15,23-25H,16-18H2,1H3,(H,32,36)(H,33,35)/t23-,24+,25-,29-,30-/m1/s1. The van der Waals surface area contributed by atoms with Crippen molar-refractivity contribution in [3.05, 3.63) is 105 Å². The van der Waals surface area contributed by atoms with Crippen LogP contribution in [0.2, 0.25) is 5.02 Å². The molecule has 2 saturated heterocycles. The Balaban J connectivity index is 1.32. The second-order valence-electron chi connectivity index (χ2n) is 10.4. The highest BCUT2D eigenvalue weighted by atomic mass is 35.5. The fourth-order valence-corrected chi connectivity index (χ4v) is 6.94. The smallest absolute Gasteiger partial charge is 0.246 e. The van der Waals surface area contributed by atoms with Gasteiger partial charge in [0.2, 0.25) is 17.7 Å². The SMILES string of the molecule is C[C@]12C=C[C@@]3(O1)[C@H](C(=O)N(Cc1ccc(Cl)cc1)[C@@H]3C(=O)NCc1ccccc1)[C@@H]2C(=O)NCc1cccs1. The summed E-state index contributed by atoms with van der Waals surface area (Å²) in [6.45, 7) is 2.69. The highest BCUT2D eigenvalue weighted by molar-refractivity contribution is 7.09. The first-order chi connectivity index (χ1) is 18.8. The van der Waals surface area contributed by atoms with Crippen LogP contribution in [0.4, 0.5) is 0 Å². The maximum atomic E-state index is 14.2. The zero-order valence-electron chi connectivity index (χ0n) is 21.3. The van der Waals surface area contributed by atoms with E-state index in [0.29, 0.717) is 18.1 Å². The molecule has 9 heteroatoms. The molecular formula is C30H28ClN3O4S. The van der Waals surface area contributed by atoms with Crippen LogP contribution in [0.15, 0.2) is 84.3 Å². The molecule has 0 saturated carbocycles. The Bertz CT molecular complexity index is 1430. The summed E-state index contributed by atoms with van der Waals surface area (Å²) in [4.78, 5) is 44.2. The molecule has 0 aliphatic carbocycles. The Hall–Kier alpha value is -3.46. The van der Waals surface area contributed by atoms with Crippen molar-refractivity contribution in [2.75, 3.05) is 0 Å². The van der Waals surface area contributed by atoms with Gasteiger partial charge in [0.15, 0.2) is 0 Å². The lowest BCUT2D eigenvalue weighted by Gasteiger charge is -2.33. The molecule has 0 unspecified atom stereocenters. The molecule has 3 aliphatic rings. The van der Waals surface area contributed by atoms with E-state index in [4.69, 9.17) is 16.3 Å². The molecular weight excluding hydrogens is 534 g/mol. The average molecular weight is 562 g/mol. The maximum Gasteiger partial charge on any atom is 0.246 e. The van der Waals surface area contributed by atoms with Crippen molar-refractivity contribution in [1.82, 2.24) is 15.5 Å². The van der Waals surface area contributed by atoms with Crippen LogP contribution in [-0.2, 0) is 38.8 Å². The molecule has 2 N–H and O–H groups in total. The van der Waals surface area contributed by atoms with Crippen LogP contribution >= 0.6 is 22.9 Å². The summed E-state index contributed by atoms with van der Waals surface area (Å²) >= 11 is 7.64. The van der Waals surface area contributed by atoms with Crippen molar-refractivity contribution in [2.24, 2.45) is 11.8 Å². The molecule has 2 aromatic carbocycles. The molecule has 6 rings (SSSR count). The van der Waals surface area contributed by atoms with Crippen LogP contribution < -0.4 is 10.6 Å². The highest BCUT2D eigenvalue weighted by Gasteiger charge is 2.76. The van der Waals surface area contributed by atoms with Crippen LogP contribution in [0.5, 0.6) is 0 Å². The minimum Gasteiger partial charge on any atom is -0.356 e. The van der Waals surface area contributed by atoms with Gasteiger partial charge in [-0.1, -0.05) is 72.3 Å². The Labute approximate surface area is 235 Å². The van der Waals surface area contributed by atoms with Crippen LogP contribution in [0.3, 0.4) is 0 Å². The predicted molar refractivity (Wildman–Crippen MR) is 149 cm³/mol. The van der Waals surface area contributed by atoms with Gasteiger partial charge in [0.05, 0.1) is 24.0 Å². The number of nitrogens with zero attached hydrogens (tertiary/aromatic N) is 1. The van der Waals surface area contributed by atoms with Gasteiger partial charge >= 0.3 is 0 Å². The van der Waals surface area contributed by atoms with Gasteiger partial charge in [0.25, 0.3) is 0 Å². The van der Waals surface area contributed by atoms with Crippen molar-refractivity contribution in [3.8, 4) is 0 Å². The van der Waals surface area contributed by atoms with Gasteiger partial charge in [-0.3, -0.25) is 14.4 Å². The normalized spacial score (nSPS) is 28.5. The molecule has 1 spiro atoms. The van der Waals surface area contributed by atoms with E-state index in [1.807, 2.05) is 79.1 Å². The average Bonchev–Trinajstić information content (AvgIpc) is 3.68. The number of ether oxygens (including phenoxy) is 1. The second-order valence-corrected chi connectivity index (χ2v) is 11.9. The fraction of sp³-hybridized carbons (Fsp3) is 0.300. The number of halogens is 1. The Morgan fingerprint density at radius 3 is 2.41 bits per heavy atom. The zero-order chi connectivity index (χ0) is 27.2. The summed E-state index contributed by atoms with van der Waals surface area (Å²) in [7, 11) is 0. The van der Waals surface area contributed by atoms with E-state index < -0.39 is 29.1 Å². The number of nitrogens with one attached hydrogen (secondary N) is 2. The van der Waals surface area contributed by atoms with Crippen LogP contribution in [0.1, 0.15) is 22.9 Å². The van der Waals surface area contributed by atoms with E-state index >= 15 is 0 Å². The minimum absolute atomic E-state index is 0.190. The van der Waals surface area contributed by atoms with Gasteiger partial charge in [0, 0.05) is 23.0 Å². The zero-order valence-corrected chi connectivity index (χ0v) is 22.9. The molecule has 3 amide bonds. The Kier molecular flexibility index (Phi) is 6.57. The summed E-state index contributed by atoms with van der Waals surface area (Å²) in [5.41, 5.74) is -0.472. The van der Waals surface area contributed by atoms with Gasteiger partial charge in [0.1, 0.15) is 11.6 Å². The van der Waals surface area contributed by atoms with E-state index in [1.54, 1.807) is 28.4 Å². The van der Waals surface area contributed by atoms with Gasteiger partial charge in [-0.15, -0.1) is 11.3 Å². The number of fused-ring (bicyclic) bond motifs is 1. The van der Waals surface area contributed by atoms with E-state index in [0.717, 1.165) is 16.0 Å². The monoisotopic (exact) mass is 561 g/mol. The first-order valence-corrected chi connectivity index (χ1v) is 14.1. The quantitative estimate of drug-likeness (QED) is 0.406. The molecule has 200 valence electrons. The molecule has 2 bridgehead atoms. The summed E-state index contributed by atoms with van der Waals surface area (Å²) in [6, 6.07) is 19.7. The molecule has 0 radical (unpaired) electrons. The summed E-state index contributed by atoms with van der Waals surface area (Å²) in [5, 5.41) is 8.55. The molecule has 39 heavy (non-hydrogen) atoms.